The largest absolute Gasteiger partial charge is 0.378 e. The highest BCUT2D eigenvalue weighted by molar-refractivity contribution is 5.85. The SMILES string of the molecule is Cc1ccc(CNC(=O)CC2COCCN2)cc1.Cl. The number of halogens is 1. The zero-order valence-electron chi connectivity index (χ0n) is 11.1. The Hall–Kier alpha value is -1.10. The Kier molecular flexibility index (Phi) is 6.84. The van der Waals surface area contributed by atoms with E-state index in [0.717, 1.165) is 18.7 Å². The zero-order chi connectivity index (χ0) is 12.8. The van der Waals surface area contributed by atoms with E-state index in [2.05, 4.69) is 29.7 Å². The molecule has 19 heavy (non-hydrogen) atoms. The highest BCUT2D eigenvalue weighted by Crippen LogP contribution is 2.03. The molecule has 106 valence electrons. The number of hydrogen-bond donors (Lipinski definition) is 2. The van der Waals surface area contributed by atoms with E-state index in [-0.39, 0.29) is 24.4 Å². The van der Waals surface area contributed by atoms with Gasteiger partial charge in [0.05, 0.1) is 13.2 Å². The predicted molar refractivity (Wildman–Crippen MR) is 77.5 cm³/mol. The number of morpholine rings is 1. The highest BCUT2D eigenvalue weighted by Gasteiger charge is 2.16. The molecule has 0 saturated carbocycles. The van der Waals surface area contributed by atoms with Gasteiger partial charge in [-0.15, -0.1) is 12.4 Å². The first-order valence-corrected chi connectivity index (χ1v) is 6.37. The van der Waals surface area contributed by atoms with Crippen molar-refractivity contribution >= 4 is 18.3 Å². The van der Waals surface area contributed by atoms with E-state index in [1.807, 2.05) is 12.1 Å². The Bertz CT molecular complexity index is 389. The molecule has 1 saturated heterocycles. The van der Waals surface area contributed by atoms with Crippen LogP contribution in [0.4, 0.5) is 0 Å². The Morgan fingerprint density at radius 1 is 1.42 bits per heavy atom. The van der Waals surface area contributed by atoms with Gasteiger partial charge < -0.3 is 15.4 Å². The molecule has 1 heterocycles. The van der Waals surface area contributed by atoms with Crippen LogP contribution in [0.2, 0.25) is 0 Å². The Labute approximate surface area is 120 Å². The maximum Gasteiger partial charge on any atom is 0.221 e. The fourth-order valence-electron chi connectivity index (χ4n) is 1.95. The van der Waals surface area contributed by atoms with Gasteiger partial charge in [-0.3, -0.25) is 4.79 Å². The molecule has 0 bridgehead atoms. The Balaban J connectivity index is 0.00000180. The molecule has 1 aromatic rings. The normalized spacial score (nSPS) is 18.5. The van der Waals surface area contributed by atoms with E-state index < -0.39 is 0 Å². The van der Waals surface area contributed by atoms with Crippen LogP contribution in [0.1, 0.15) is 17.5 Å². The molecule has 2 N–H and O–H groups in total. The van der Waals surface area contributed by atoms with Crippen molar-refractivity contribution < 1.29 is 9.53 Å². The van der Waals surface area contributed by atoms with Crippen LogP contribution in [-0.4, -0.2) is 31.7 Å². The topological polar surface area (TPSA) is 50.4 Å². The van der Waals surface area contributed by atoms with E-state index >= 15 is 0 Å². The van der Waals surface area contributed by atoms with E-state index in [9.17, 15) is 4.79 Å². The number of hydrogen-bond acceptors (Lipinski definition) is 3. The molecular formula is C14H21ClN2O2. The minimum atomic E-state index is 0. The van der Waals surface area contributed by atoms with E-state index in [1.165, 1.54) is 5.56 Å². The quantitative estimate of drug-likeness (QED) is 0.879. The summed E-state index contributed by atoms with van der Waals surface area (Å²) in [4.78, 5) is 11.7. The summed E-state index contributed by atoms with van der Waals surface area (Å²) in [6.45, 7) is 4.83. The molecule has 4 nitrogen and oxygen atoms in total. The van der Waals surface area contributed by atoms with Gasteiger partial charge in [0.15, 0.2) is 0 Å². The number of rotatable bonds is 4. The number of ether oxygens (including phenoxy) is 1. The van der Waals surface area contributed by atoms with Gasteiger partial charge in [0, 0.05) is 25.6 Å². The van der Waals surface area contributed by atoms with Crippen LogP contribution in [-0.2, 0) is 16.1 Å². The summed E-state index contributed by atoms with van der Waals surface area (Å²) in [5, 5.41) is 6.20. The molecule has 1 unspecified atom stereocenters. The standard InChI is InChI=1S/C14H20N2O2.ClH/c1-11-2-4-12(5-3-11)9-16-14(17)8-13-10-18-7-6-15-13;/h2-5,13,15H,6-10H2,1H3,(H,16,17);1H. The molecule has 1 fully saturated rings. The van der Waals surface area contributed by atoms with Crippen LogP contribution in [0.5, 0.6) is 0 Å². The first-order chi connectivity index (χ1) is 8.74. The first kappa shape index (κ1) is 16.0. The average molecular weight is 285 g/mol. The Morgan fingerprint density at radius 2 is 2.16 bits per heavy atom. The van der Waals surface area contributed by atoms with E-state index in [4.69, 9.17) is 4.74 Å². The van der Waals surface area contributed by atoms with Crippen molar-refractivity contribution in [1.29, 1.82) is 0 Å². The van der Waals surface area contributed by atoms with Gasteiger partial charge in [-0.2, -0.15) is 0 Å². The molecule has 0 aromatic heterocycles. The molecule has 0 radical (unpaired) electrons. The number of carbonyl (C=O) groups is 1. The number of nitrogens with one attached hydrogen (secondary N) is 2. The third kappa shape index (κ3) is 5.59. The molecular weight excluding hydrogens is 264 g/mol. The van der Waals surface area contributed by atoms with Crippen molar-refractivity contribution in [2.75, 3.05) is 19.8 Å². The lowest BCUT2D eigenvalue weighted by atomic mass is 10.1. The van der Waals surface area contributed by atoms with Crippen molar-refractivity contribution in [2.24, 2.45) is 0 Å². The van der Waals surface area contributed by atoms with Crippen LogP contribution in [0.3, 0.4) is 0 Å². The van der Waals surface area contributed by atoms with Crippen molar-refractivity contribution in [1.82, 2.24) is 10.6 Å². The number of amides is 1. The maximum absolute atomic E-state index is 11.7. The second-order valence-corrected chi connectivity index (χ2v) is 4.69. The molecule has 0 aliphatic carbocycles. The van der Waals surface area contributed by atoms with Crippen LogP contribution < -0.4 is 10.6 Å². The minimum Gasteiger partial charge on any atom is -0.378 e. The van der Waals surface area contributed by atoms with Gasteiger partial charge in [-0.05, 0) is 12.5 Å². The van der Waals surface area contributed by atoms with Crippen molar-refractivity contribution in [3.05, 3.63) is 35.4 Å². The molecule has 1 atom stereocenters. The fraction of sp³-hybridized carbons (Fsp3) is 0.500. The maximum atomic E-state index is 11.7. The van der Waals surface area contributed by atoms with Gasteiger partial charge in [0.1, 0.15) is 0 Å². The third-order valence-electron chi connectivity index (χ3n) is 3.04. The summed E-state index contributed by atoms with van der Waals surface area (Å²) in [6, 6.07) is 8.34. The zero-order valence-corrected chi connectivity index (χ0v) is 12.0. The molecule has 5 heteroatoms. The van der Waals surface area contributed by atoms with E-state index in [1.54, 1.807) is 0 Å². The third-order valence-corrected chi connectivity index (χ3v) is 3.04. The predicted octanol–water partition coefficient (Wildman–Crippen LogP) is 1.41. The second-order valence-electron chi connectivity index (χ2n) is 4.69. The summed E-state index contributed by atoms with van der Waals surface area (Å²) in [7, 11) is 0. The molecule has 1 aliphatic heterocycles. The molecule has 1 amide bonds. The molecule has 1 aliphatic rings. The molecule has 1 aromatic carbocycles. The van der Waals surface area contributed by atoms with Crippen molar-refractivity contribution in [3.8, 4) is 0 Å². The monoisotopic (exact) mass is 284 g/mol. The second kappa shape index (κ2) is 8.15. The summed E-state index contributed by atoms with van der Waals surface area (Å²) in [5.41, 5.74) is 2.36. The fourth-order valence-corrected chi connectivity index (χ4v) is 1.95. The van der Waals surface area contributed by atoms with Gasteiger partial charge in [-0.25, -0.2) is 0 Å². The summed E-state index contributed by atoms with van der Waals surface area (Å²) >= 11 is 0. The number of aryl methyl sites for hydroxylation is 1. The summed E-state index contributed by atoms with van der Waals surface area (Å²) in [5.74, 6) is 0.0681. The lowest BCUT2D eigenvalue weighted by Crippen LogP contribution is -2.44. The van der Waals surface area contributed by atoms with Crippen LogP contribution in [0.25, 0.3) is 0 Å². The lowest BCUT2D eigenvalue weighted by molar-refractivity contribution is -0.122. The van der Waals surface area contributed by atoms with Crippen molar-refractivity contribution in [3.63, 3.8) is 0 Å². The summed E-state index contributed by atoms with van der Waals surface area (Å²) in [6.07, 6.45) is 0.478. The van der Waals surface area contributed by atoms with Gasteiger partial charge >= 0.3 is 0 Å². The van der Waals surface area contributed by atoms with Gasteiger partial charge in [0.25, 0.3) is 0 Å². The van der Waals surface area contributed by atoms with Gasteiger partial charge in [-0.1, -0.05) is 29.8 Å². The smallest absolute Gasteiger partial charge is 0.221 e. The molecule has 2 rings (SSSR count). The average Bonchev–Trinajstić information content (AvgIpc) is 2.39. The minimum absolute atomic E-state index is 0. The van der Waals surface area contributed by atoms with Crippen LogP contribution in [0, 0.1) is 6.92 Å². The number of benzene rings is 1. The highest BCUT2D eigenvalue weighted by atomic mass is 35.5. The molecule has 0 spiro atoms. The van der Waals surface area contributed by atoms with Crippen molar-refractivity contribution in [2.45, 2.75) is 25.9 Å². The van der Waals surface area contributed by atoms with E-state index in [0.29, 0.717) is 19.6 Å². The number of carbonyl (C=O) groups excluding carboxylic acids is 1. The van der Waals surface area contributed by atoms with Gasteiger partial charge in [0.2, 0.25) is 5.91 Å². The Morgan fingerprint density at radius 3 is 2.79 bits per heavy atom. The summed E-state index contributed by atoms with van der Waals surface area (Å²) < 4.78 is 5.32. The first-order valence-electron chi connectivity index (χ1n) is 6.37. The van der Waals surface area contributed by atoms with Crippen LogP contribution in [0.15, 0.2) is 24.3 Å². The lowest BCUT2D eigenvalue weighted by Gasteiger charge is -2.23. The van der Waals surface area contributed by atoms with Crippen LogP contribution >= 0.6 is 12.4 Å².